The summed E-state index contributed by atoms with van der Waals surface area (Å²) in [6.07, 6.45) is 0. The number of rotatable bonds is 7. The minimum atomic E-state index is 0.675. The summed E-state index contributed by atoms with van der Waals surface area (Å²) in [7, 11) is 0. The molecule has 0 unspecified atom stereocenters. The molecule has 0 bridgehead atoms. The molecule has 2 heterocycles. The Labute approximate surface area is 342 Å². The fraction of sp³-hybridized carbons (Fsp3) is 0. The lowest BCUT2D eigenvalue weighted by Gasteiger charge is -2.19. The standard InChI is InChI=1S/C56H36N2O/c1-5-15-37(16-6-1)39-25-27-41(28-26-39)50-36-51(58-56(57-50)43-22-11-4-12-23-43)48-35-45(38-17-7-2-8-18-38)34-47(54(48)42-20-9-3-10-21-42)44-30-31-52-49(33-44)55-46-24-14-13-19-40(46)29-32-53(55)59-52/h1-36H. The van der Waals surface area contributed by atoms with Crippen LogP contribution in [-0.2, 0) is 0 Å². The zero-order chi connectivity index (χ0) is 39.1. The fourth-order valence-electron chi connectivity index (χ4n) is 8.41. The molecule has 2 aromatic heterocycles. The van der Waals surface area contributed by atoms with Gasteiger partial charge in [-0.15, -0.1) is 0 Å². The smallest absolute Gasteiger partial charge is 0.160 e. The van der Waals surface area contributed by atoms with Gasteiger partial charge in [-0.3, -0.25) is 0 Å². The molecule has 0 fully saturated rings. The molecule has 0 saturated carbocycles. The predicted octanol–water partition coefficient (Wildman–Crippen LogP) is 15.2. The third-order valence-corrected chi connectivity index (χ3v) is 11.3. The Balaban J connectivity index is 1.19. The second-order valence-corrected chi connectivity index (χ2v) is 14.9. The molecule has 11 rings (SSSR count). The minimum absolute atomic E-state index is 0.675. The van der Waals surface area contributed by atoms with Crippen molar-refractivity contribution in [2.75, 3.05) is 0 Å². The highest BCUT2D eigenvalue weighted by Crippen LogP contribution is 2.45. The third-order valence-electron chi connectivity index (χ3n) is 11.3. The minimum Gasteiger partial charge on any atom is -0.456 e. The first-order valence-corrected chi connectivity index (χ1v) is 20.0. The Morgan fingerprint density at radius 1 is 0.305 bits per heavy atom. The highest BCUT2D eigenvalue weighted by molar-refractivity contribution is 6.19. The van der Waals surface area contributed by atoms with Crippen LogP contribution in [0.25, 0.3) is 111 Å². The van der Waals surface area contributed by atoms with E-state index in [0.29, 0.717) is 5.82 Å². The van der Waals surface area contributed by atoms with E-state index in [-0.39, 0.29) is 0 Å². The monoisotopic (exact) mass is 752 g/mol. The van der Waals surface area contributed by atoms with E-state index in [1.165, 1.54) is 16.3 Å². The summed E-state index contributed by atoms with van der Waals surface area (Å²) in [4.78, 5) is 10.6. The van der Waals surface area contributed by atoms with Gasteiger partial charge in [-0.25, -0.2) is 9.97 Å². The average molecular weight is 753 g/mol. The summed E-state index contributed by atoms with van der Waals surface area (Å²) >= 11 is 0. The van der Waals surface area contributed by atoms with Crippen molar-refractivity contribution >= 4 is 32.7 Å². The third kappa shape index (κ3) is 6.36. The topological polar surface area (TPSA) is 38.9 Å². The molecule has 0 N–H and O–H groups in total. The van der Waals surface area contributed by atoms with Gasteiger partial charge in [0.1, 0.15) is 11.2 Å². The molecule has 0 atom stereocenters. The van der Waals surface area contributed by atoms with Gasteiger partial charge in [0.05, 0.1) is 11.4 Å². The Morgan fingerprint density at radius 3 is 1.54 bits per heavy atom. The molecular weight excluding hydrogens is 717 g/mol. The molecule has 0 spiro atoms. The van der Waals surface area contributed by atoms with Gasteiger partial charge in [0, 0.05) is 27.5 Å². The maximum absolute atomic E-state index is 6.48. The number of hydrogen-bond acceptors (Lipinski definition) is 3. The molecule has 3 nitrogen and oxygen atoms in total. The van der Waals surface area contributed by atoms with Crippen LogP contribution < -0.4 is 0 Å². The van der Waals surface area contributed by atoms with Crippen molar-refractivity contribution in [3.05, 3.63) is 218 Å². The summed E-state index contributed by atoms with van der Waals surface area (Å²) < 4.78 is 6.48. The molecule has 0 aliphatic rings. The lowest BCUT2D eigenvalue weighted by atomic mass is 9.85. The van der Waals surface area contributed by atoms with Gasteiger partial charge in [0.25, 0.3) is 0 Å². The van der Waals surface area contributed by atoms with Crippen LogP contribution in [0.2, 0.25) is 0 Å². The summed E-state index contributed by atoms with van der Waals surface area (Å²) in [5, 5.41) is 4.60. The van der Waals surface area contributed by atoms with Crippen LogP contribution in [-0.4, -0.2) is 9.97 Å². The average Bonchev–Trinajstić information content (AvgIpc) is 3.71. The summed E-state index contributed by atoms with van der Waals surface area (Å²) in [6, 6.07) is 77.0. The van der Waals surface area contributed by atoms with Crippen LogP contribution in [0.1, 0.15) is 0 Å². The predicted molar refractivity (Wildman–Crippen MR) is 245 cm³/mol. The number of aromatic nitrogens is 2. The summed E-state index contributed by atoms with van der Waals surface area (Å²) in [5.41, 5.74) is 15.5. The quantitative estimate of drug-likeness (QED) is 0.163. The summed E-state index contributed by atoms with van der Waals surface area (Å²) in [5.74, 6) is 0.675. The van der Waals surface area contributed by atoms with E-state index in [1.54, 1.807) is 0 Å². The first-order chi connectivity index (χ1) is 29.2. The molecule has 0 amide bonds. The first-order valence-electron chi connectivity index (χ1n) is 20.0. The normalized spacial score (nSPS) is 11.4. The van der Waals surface area contributed by atoms with E-state index in [4.69, 9.17) is 14.4 Å². The molecule has 0 saturated heterocycles. The zero-order valence-corrected chi connectivity index (χ0v) is 32.1. The molecule has 3 heteroatoms. The van der Waals surface area contributed by atoms with E-state index in [2.05, 4.69) is 194 Å². The second-order valence-electron chi connectivity index (χ2n) is 14.9. The van der Waals surface area contributed by atoms with Gasteiger partial charge >= 0.3 is 0 Å². The number of furan rings is 1. The largest absolute Gasteiger partial charge is 0.456 e. The molecule has 59 heavy (non-hydrogen) atoms. The maximum atomic E-state index is 6.48. The van der Waals surface area contributed by atoms with Crippen molar-refractivity contribution in [3.63, 3.8) is 0 Å². The lowest BCUT2D eigenvalue weighted by Crippen LogP contribution is -1.99. The molecule has 9 aromatic carbocycles. The first kappa shape index (κ1) is 34.4. The van der Waals surface area contributed by atoms with Crippen LogP contribution in [0, 0.1) is 0 Å². The van der Waals surface area contributed by atoms with Gasteiger partial charge < -0.3 is 4.42 Å². The fourth-order valence-corrected chi connectivity index (χ4v) is 8.41. The number of hydrogen-bond donors (Lipinski definition) is 0. The van der Waals surface area contributed by atoms with Crippen molar-refractivity contribution in [2.45, 2.75) is 0 Å². The Morgan fingerprint density at radius 2 is 0.831 bits per heavy atom. The highest BCUT2D eigenvalue weighted by Gasteiger charge is 2.21. The van der Waals surface area contributed by atoms with Crippen LogP contribution in [0.3, 0.4) is 0 Å². The van der Waals surface area contributed by atoms with E-state index in [1.807, 2.05) is 24.3 Å². The van der Waals surface area contributed by atoms with E-state index in [0.717, 1.165) is 89.0 Å². The number of benzene rings is 9. The zero-order valence-electron chi connectivity index (χ0n) is 32.1. The van der Waals surface area contributed by atoms with Crippen molar-refractivity contribution in [3.8, 4) is 78.4 Å². The van der Waals surface area contributed by atoms with E-state index < -0.39 is 0 Å². The van der Waals surface area contributed by atoms with Crippen molar-refractivity contribution in [2.24, 2.45) is 0 Å². The van der Waals surface area contributed by atoms with Gasteiger partial charge in [-0.1, -0.05) is 182 Å². The molecule has 0 aliphatic heterocycles. The Kier molecular flexibility index (Phi) is 8.49. The van der Waals surface area contributed by atoms with Crippen molar-refractivity contribution in [1.29, 1.82) is 0 Å². The van der Waals surface area contributed by atoms with Gasteiger partial charge in [-0.2, -0.15) is 0 Å². The molecule has 0 radical (unpaired) electrons. The van der Waals surface area contributed by atoms with Crippen molar-refractivity contribution in [1.82, 2.24) is 9.97 Å². The van der Waals surface area contributed by atoms with Gasteiger partial charge in [0.15, 0.2) is 5.82 Å². The maximum Gasteiger partial charge on any atom is 0.160 e. The van der Waals surface area contributed by atoms with Gasteiger partial charge in [0.2, 0.25) is 0 Å². The second kappa shape index (κ2) is 14.6. The van der Waals surface area contributed by atoms with E-state index >= 15 is 0 Å². The number of fused-ring (bicyclic) bond motifs is 5. The van der Waals surface area contributed by atoms with E-state index in [9.17, 15) is 0 Å². The Hall–Kier alpha value is -7.88. The van der Waals surface area contributed by atoms with Crippen LogP contribution in [0.15, 0.2) is 223 Å². The van der Waals surface area contributed by atoms with Crippen LogP contribution >= 0.6 is 0 Å². The molecular formula is C56H36N2O. The molecule has 276 valence electrons. The highest BCUT2D eigenvalue weighted by atomic mass is 16.3. The van der Waals surface area contributed by atoms with Crippen LogP contribution in [0.5, 0.6) is 0 Å². The lowest BCUT2D eigenvalue weighted by molar-refractivity contribution is 0.669. The number of nitrogens with zero attached hydrogens (tertiary/aromatic N) is 2. The molecule has 11 aromatic rings. The van der Waals surface area contributed by atoms with Crippen molar-refractivity contribution < 1.29 is 4.42 Å². The van der Waals surface area contributed by atoms with Gasteiger partial charge in [-0.05, 0) is 91.7 Å². The van der Waals surface area contributed by atoms with Crippen LogP contribution in [0.4, 0.5) is 0 Å². The SMILES string of the molecule is c1ccc(-c2ccc(-c3cc(-c4cc(-c5ccccc5)cc(-c5ccc6oc7ccc8ccccc8c7c6c5)c4-c4ccccc4)nc(-c4ccccc4)n3)cc2)cc1. The molecule has 0 aliphatic carbocycles. The Bertz CT molecular complexity index is 3280. The summed E-state index contributed by atoms with van der Waals surface area (Å²) in [6.45, 7) is 0.